The zero-order valence-electron chi connectivity index (χ0n) is 16.7. The van der Waals surface area contributed by atoms with Crippen molar-refractivity contribution in [2.45, 2.75) is 20.8 Å². The molecule has 0 aromatic heterocycles. The van der Waals surface area contributed by atoms with Crippen LogP contribution in [0.25, 0.3) is 6.08 Å². The molecule has 0 radical (unpaired) electrons. The maximum atomic E-state index is 13.0. The van der Waals surface area contributed by atoms with Gasteiger partial charge in [-0.1, -0.05) is 18.2 Å². The van der Waals surface area contributed by atoms with Gasteiger partial charge in [-0.25, -0.2) is 9.69 Å². The summed E-state index contributed by atoms with van der Waals surface area (Å²) in [6.07, 6.45) is 1.35. The summed E-state index contributed by atoms with van der Waals surface area (Å²) >= 11 is 0. The molecule has 0 aliphatic carbocycles. The molecule has 154 valence electrons. The third-order valence-electron chi connectivity index (χ3n) is 4.19. The molecule has 3 rings (SSSR count). The van der Waals surface area contributed by atoms with E-state index in [9.17, 15) is 19.2 Å². The van der Waals surface area contributed by atoms with Crippen molar-refractivity contribution in [3.8, 4) is 11.5 Å². The molecule has 0 spiro atoms. The summed E-state index contributed by atoms with van der Waals surface area (Å²) in [5.74, 6) is -1.52. The molecule has 2 aromatic carbocycles. The van der Waals surface area contributed by atoms with Crippen molar-refractivity contribution in [2.24, 2.45) is 0 Å². The molecule has 0 saturated carbocycles. The number of urea groups is 1. The minimum absolute atomic E-state index is 0.209. The lowest BCUT2D eigenvalue weighted by Crippen LogP contribution is -2.54. The van der Waals surface area contributed by atoms with Gasteiger partial charge in [0, 0.05) is 6.92 Å². The van der Waals surface area contributed by atoms with Crippen molar-refractivity contribution >= 4 is 35.6 Å². The Morgan fingerprint density at radius 3 is 2.53 bits per heavy atom. The number of carbonyl (C=O) groups excluding carboxylic acids is 4. The lowest BCUT2D eigenvalue weighted by atomic mass is 10.1. The van der Waals surface area contributed by atoms with Crippen LogP contribution in [0.2, 0.25) is 0 Å². The first-order valence-electron chi connectivity index (χ1n) is 9.23. The quantitative estimate of drug-likeness (QED) is 0.353. The molecule has 8 nitrogen and oxygen atoms in total. The Kier molecular flexibility index (Phi) is 5.96. The highest BCUT2D eigenvalue weighted by atomic mass is 16.6. The molecule has 2 aromatic rings. The van der Waals surface area contributed by atoms with E-state index in [1.807, 2.05) is 13.0 Å². The fraction of sp³-hybridized carbons (Fsp3) is 0.182. The third-order valence-corrected chi connectivity index (χ3v) is 4.19. The molecule has 1 aliphatic heterocycles. The zero-order valence-corrected chi connectivity index (χ0v) is 16.7. The zero-order chi connectivity index (χ0) is 21.8. The number of benzene rings is 2. The molecule has 30 heavy (non-hydrogen) atoms. The van der Waals surface area contributed by atoms with E-state index in [4.69, 9.17) is 9.47 Å². The second kappa shape index (κ2) is 8.60. The number of nitrogens with one attached hydrogen (secondary N) is 1. The number of barbiturate groups is 1. The van der Waals surface area contributed by atoms with Gasteiger partial charge in [-0.05, 0) is 55.3 Å². The van der Waals surface area contributed by atoms with Crippen LogP contribution in [0.3, 0.4) is 0 Å². The second-order valence-corrected chi connectivity index (χ2v) is 6.53. The first kappa shape index (κ1) is 20.8. The Morgan fingerprint density at radius 2 is 1.87 bits per heavy atom. The van der Waals surface area contributed by atoms with Crippen LogP contribution in [-0.4, -0.2) is 30.4 Å². The molecular formula is C22H20N2O6. The molecule has 1 aliphatic rings. The Hall–Kier alpha value is -3.94. The summed E-state index contributed by atoms with van der Waals surface area (Å²) in [6.45, 7) is 5.20. The second-order valence-electron chi connectivity index (χ2n) is 6.53. The molecule has 0 atom stereocenters. The van der Waals surface area contributed by atoms with E-state index in [0.29, 0.717) is 17.9 Å². The number of imide groups is 2. The number of hydrogen-bond acceptors (Lipinski definition) is 6. The van der Waals surface area contributed by atoms with Crippen LogP contribution in [0.15, 0.2) is 48.0 Å². The number of aryl methyl sites for hydroxylation is 1. The van der Waals surface area contributed by atoms with E-state index < -0.39 is 23.8 Å². The Labute approximate surface area is 173 Å². The Balaban J connectivity index is 1.99. The van der Waals surface area contributed by atoms with Crippen LogP contribution in [0.5, 0.6) is 11.5 Å². The molecule has 1 N–H and O–H groups in total. The van der Waals surface area contributed by atoms with Crippen molar-refractivity contribution in [3.05, 3.63) is 59.2 Å². The molecule has 1 heterocycles. The minimum atomic E-state index is -0.812. The van der Waals surface area contributed by atoms with E-state index in [2.05, 4.69) is 5.32 Å². The number of rotatable bonds is 5. The lowest BCUT2D eigenvalue weighted by molar-refractivity contribution is -0.132. The summed E-state index contributed by atoms with van der Waals surface area (Å²) in [5, 5.41) is 2.18. The number of carbonyl (C=O) groups is 4. The standard InChI is InChI=1S/C22H20N2O6/c1-4-29-19-12-15(8-9-18(19)30-14(3)25)11-17-20(26)23-22(28)24(21(17)27)16-7-5-6-13(2)10-16/h5-12H,4H2,1-3H3,(H,23,26,28). The van der Waals surface area contributed by atoms with E-state index >= 15 is 0 Å². The van der Waals surface area contributed by atoms with E-state index in [-0.39, 0.29) is 17.1 Å². The monoisotopic (exact) mass is 408 g/mol. The van der Waals surface area contributed by atoms with Crippen molar-refractivity contribution in [2.75, 3.05) is 11.5 Å². The van der Waals surface area contributed by atoms with Gasteiger partial charge in [0.25, 0.3) is 11.8 Å². The van der Waals surface area contributed by atoms with Crippen LogP contribution in [-0.2, 0) is 14.4 Å². The number of ether oxygens (including phenoxy) is 2. The number of amides is 4. The summed E-state index contributed by atoms with van der Waals surface area (Å²) < 4.78 is 10.6. The Morgan fingerprint density at radius 1 is 1.10 bits per heavy atom. The van der Waals surface area contributed by atoms with E-state index in [1.54, 1.807) is 37.3 Å². The SMILES string of the molecule is CCOc1cc(C=C2C(=O)NC(=O)N(c3cccc(C)c3)C2=O)ccc1OC(C)=O. The number of hydrogen-bond donors (Lipinski definition) is 1. The lowest BCUT2D eigenvalue weighted by Gasteiger charge is -2.26. The average Bonchev–Trinajstić information content (AvgIpc) is 2.67. The van der Waals surface area contributed by atoms with Crippen LogP contribution in [0, 0.1) is 6.92 Å². The molecular weight excluding hydrogens is 388 g/mol. The highest BCUT2D eigenvalue weighted by Crippen LogP contribution is 2.30. The summed E-state index contributed by atoms with van der Waals surface area (Å²) in [7, 11) is 0. The molecule has 0 unspecified atom stereocenters. The van der Waals surface area contributed by atoms with Gasteiger partial charge in [-0.15, -0.1) is 0 Å². The average molecular weight is 408 g/mol. The summed E-state index contributed by atoms with van der Waals surface area (Å²) in [5.41, 5.74) is 1.47. The third kappa shape index (κ3) is 4.38. The van der Waals surface area contributed by atoms with E-state index in [1.165, 1.54) is 19.1 Å². The topological polar surface area (TPSA) is 102 Å². The van der Waals surface area contributed by atoms with E-state index in [0.717, 1.165) is 10.5 Å². The van der Waals surface area contributed by atoms with Gasteiger partial charge >= 0.3 is 12.0 Å². The maximum Gasteiger partial charge on any atom is 0.335 e. The fourth-order valence-electron chi connectivity index (χ4n) is 2.95. The number of nitrogens with zero attached hydrogens (tertiary/aromatic N) is 1. The predicted octanol–water partition coefficient (Wildman–Crippen LogP) is 2.99. The minimum Gasteiger partial charge on any atom is -0.490 e. The van der Waals surface area contributed by atoms with Crippen LogP contribution >= 0.6 is 0 Å². The van der Waals surface area contributed by atoms with Crippen molar-refractivity contribution in [3.63, 3.8) is 0 Å². The molecule has 1 fully saturated rings. The first-order chi connectivity index (χ1) is 14.3. The van der Waals surface area contributed by atoms with Gasteiger partial charge in [0.1, 0.15) is 5.57 Å². The first-order valence-corrected chi connectivity index (χ1v) is 9.23. The molecule has 0 bridgehead atoms. The van der Waals surface area contributed by atoms with Gasteiger partial charge in [0.15, 0.2) is 11.5 Å². The largest absolute Gasteiger partial charge is 0.490 e. The summed E-state index contributed by atoms with van der Waals surface area (Å²) in [4.78, 5) is 49.8. The van der Waals surface area contributed by atoms with Crippen molar-refractivity contribution in [1.82, 2.24) is 5.32 Å². The molecule has 4 amide bonds. The molecule has 8 heteroatoms. The van der Waals surface area contributed by atoms with Crippen LogP contribution in [0.1, 0.15) is 25.0 Å². The van der Waals surface area contributed by atoms with Crippen molar-refractivity contribution in [1.29, 1.82) is 0 Å². The normalized spacial score (nSPS) is 15.2. The number of esters is 1. The maximum absolute atomic E-state index is 13.0. The highest BCUT2D eigenvalue weighted by molar-refractivity contribution is 6.39. The van der Waals surface area contributed by atoms with Crippen molar-refractivity contribution < 1.29 is 28.7 Å². The smallest absolute Gasteiger partial charge is 0.335 e. The predicted molar refractivity (Wildman–Crippen MR) is 109 cm³/mol. The fourth-order valence-corrected chi connectivity index (χ4v) is 2.95. The Bertz CT molecular complexity index is 1070. The highest BCUT2D eigenvalue weighted by Gasteiger charge is 2.36. The van der Waals surface area contributed by atoms with Crippen LogP contribution < -0.4 is 19.7 Å². The number of anilines is 1. The molecule has 1 saturated heterocycles. The summed E-state index contributed by atoms with van der Waals surface area (Å²) in [6, 6.07) is 10.6. The van der Waals surface area contributed by atoms with Gasteiger partial charge in [0.2, 0.25) is 0 Å². The van der Waals surface area contributed by atoms with Gasteiger partial charge in [-0.2, -0.15) is 0 Å². The van der Waals surface area contributed by atoms with Crippen LogP contribution in [0.4, 0.5) is 10.5 Å². The van der Waals surface area contributed by atoms with Gasteiger partial charge in [0.05, 0.1) is 12.3 Å². The van der Waals surface area contributed by atoms with Gasteiger partial charge < -0.3 is 9.47 Å². The van der Waals surface area contributed by atoms with Gasteiger partial charge in [-0.3, -0.25) is 19.7 Å².